The predicted molar refractivity (Wildman–Crippen MR) is 39.3 cm³/mol. The lowest BCUT2D eigenvalue weighted by Gasteiger charge is -2.30. The van der Waals surface area contributed by atoms with E-state index in [9.17, 15) is 0 Å². The highest BCUT2D eigenvalue weighted by Gasteiger charge is 2.24. The van der Waals surface area contributed by atoms with Gasteiger partial charge < -0.3 is 9.47 Å². The largest absolute Gasteiger partial charge is 0.345 e. The molecule has 1 aliphatic heterocycles. The van der Waals surface area contributed by atoms with E-state index in [1.54, 1.807) is 7.05 Å². The van der Waals surface area contributed by atoms with Crippen molar-refractivity contribution < 1.29 is 9.47 Å². The van der Waals surface area contributed by atoms with Crippen LogP contribution in [0.5, 0.6) is 0 Å². The molecule has 3 nitrogen and oxygen atoms in total. The van der Waals surface area contributed by atoms with Crippen molar-refractivity contribution in [1.29, 1.82) is 0 Å². The van der Waals surface area contributed by atoms with E-state index in [0.29, 0.717) is 13.2 Å². The normalized spacial score (nSPS) is 24.5. The molecule has 1 heterocycles. The fourth-order valence-electron chi connectivity index (χ4n) is 0.727. The monoisotopic (exact) mass is 143 g/mol. The van der Waals surface area contributed by atoms with Crippen molar-refractivity contribution in [3.8, 4) is 0 Å². The molecule has 0 spiro atoms. The minimum atomic E-state index is -0.422. The van der Waals surface area contributed by atoms with E-state index < -0.39 is 5.79 Å². The molecule has 0 amide bonds. The number of aliphatic imine (C=N–C) groups is 1. The summed E-state index contributed by atoms with van der Waals surface area (Å²) in [4.78, 5) is 3.98. The summed E-state index contributed by atoms with van der Waals surface area (Å²) in [7, 11) is 1.75. The summed E-state index contributed by atoms with van der Waals surface area (Å²) < 4.78 is 10.6. The Balaban J connectivity index is 2.46. The van der Waals surface area contributed by atoms with Crippen molar-refractivity contribution in [3.63, 3.8) is 0 Å². The maximum atomic E-state index is 5.32. The number of ether oxygens (including phenoxy) is 2. The second-order valence-electron chi connectivity index (χ2n) is 2.77. The first-order valence-corrected chi connectivity index (χ1v) is 3.36. The van der Waals surface area contributed by atoms with Crippen LogP contribution in [0.25, 0.3) is 0 Å². The minimum Gasteiger partial charge on any atom is -0.345 e. The molecule has 0 aromatic rings. The zero-order valence-corrected chi connectivity index (χ0v) is 6.68. The number of hydrogen-bond donors (Lipinski definition) is 0. The zero-order chi connectivity index (χ0) is 7.61. The Bertz CT molecular complexity index is 140. The molecule has 0 aliphatic carbocycles. The van der Waals surface area contributed by atoms with Gasteiger partial charge in [-0.3, -0.25) is 4.99 Å². The van der Waals surface area contributed by atoms with Gasteiger partial charge in [0.05, 0.1) is 18.9 Å². The Morgan fingerprint density at radius 1 is 1.30 bits per heavy atom. The van der Waals surface area contributed by atoms with Gasteiger partial charge in [-0.1, -0.05) is 0 Å². The van der Waals surface area contributed by atoms with Crippen molar-refractivity contribution in [2.75, 3.05) is 20.3 Å². The van der Waals surface area contributed by atoms with Gasteiger partial charge in [0.2, 0.25) is 0 Å². The molecule has 10 heavy (non-hydrogen) atoms. The van der Waals surface area contributed by atoms with Crippen LogP contribution < -0.4 is 0 Å². The maximum Gasteiger partial charge on any atom is 0.163 e. The molecule has 1 saturated heterocycles. The van der Waals surface area contributed by atoms with Gasteiger partial charge >= 0.3 is 0 Å². The van der Waals surface area contributed by atoms with Gasteiger partial charge in [0.25, 0.3) is 0 Å². The van der Waals surface area contributed by atoms with Crippen LogP contribution >= 0.6 is 0 Å². The first kappa shape index (κ1) is 7.69. The van der Waals surface area contributed by atoms with Gasteiger partial charge in [-0.25, -0.2) is 0 Å². The van der Waals surface area contributed by atoms with E-state index in [1.165, 1.54) is 0 Å². The van der Waals surface area contributed by atoms with Crippen LogP contribution in [0.4, 0.5) is 0 Å². The van der Waals surface area contributed by atoms with E-state index in [0.717, 1.165) is 5.71 Å². The van der Waals surface area contributed by atoms with Crippen LogP contribution in [0, 0.1) is 0 Å². The zero-order valence-electron chi connectivity index (χ0n) is 6.68. The lowest BCUT2D eigenvalue weighted by Crippen LogP contribution is -2.39. The third kappa shape index (κ3) is 1.78. The van der Waals surface area contributed by atoms with Gasteiger partial charge in [-0.2, -0.15) is 0 Å². The lowest BCUT2D eigenvalue weighted by molar-refractivity contribution is -0.210. The Labute approximate surface area is 61.0 Å². The average Bonchev–Trinajstić information content (AvgIpc) is 1.88. The molecular weight excluding hydrogens is 130 g/mol. The smallest absolute Gasteiger partial charge is 0.163 e. The van der Waals surface area contributed by atoms with Gasteiger partial charge in [0.1, 0.15) is 0 Å². The molecule has 0 bridgehead atoms. The quantitative estimate of drug-likeness (QED) is 0.503. The molecule has 0 unspecified atom stereocenters. The van der Waals surface area contributed by atoms with Crippen LogP contribution in [0.15, 0.2) is 4.99 Å². The summed E-state index contributed by atoms with van der Waals surface area (Å²) in [6, 6.07) is 0. The topological polar surface area (TPSA) is 30.8 Å². The molecule has 0 atom stereocenters. The molecule has 1 rings (SSSR count). The van der Waals surface area contributed by atoms with Gasteiger partial charge in [-0.05, 0) is 13.8 Å². The molecule has 0 radical (unpaired) electrons. The van der Waals surface area contributed by atoms with Gasteiger partial charge in [0.15, 0.2) is 5.79 Å². The van der Waals surface area contributed by atoms with Gasteiger partial charge in [0, 0.05) is 7.05 Å². The molecule has 3 heteroatoms. The minimum absolute atomic E-state index is 0.422. The second kappa shape index (κ2) is 2.68. The molecule has 0 N–H and O–H groups in total. The van der Waals surface area contributed by atoms with E-state index in [-0.39, 0.29) is 0 Å². The van der Waals surface area contributed by atoms with Crippen molar-refractivity contribution >= 4 is 5.71 Å². The Morgan fingerprint density at radius 2 is 1.80 bits per heavy atom. The van der Waals surface area contributed by atoms with Crippen LogP contribution in [0.1, 0.15) is 13.8 Å². The van der Waals surface area contributed by atoms with Crippen molar-refractivity contribution in [3.05, 3.63) is 0 Å². The third-order valence-electron chi connectivity index (χ3n) is 1.49. The SMILES string of the molecule is CN=C1COC(C)(C)OC1. The highest BCUT2D eigenvalue weighted by atomic mass is 16.7. The fraction of sp³-hybridized carbons (Fsp3) is 0.857. The Morgan fingerprint density at radius 3 is 2.20 bits per heavy atom. The number of nitrogens with zero attached hydrogens (tertiary/aromatic N) is 1. The summed E-state index contributed by atoms with van der Waals surface area (Å²) in [5, 5.41) is 0. The number of rotatable bonds is 0. The van der Waals surface area contributed by atoms with Crippen LogP contribution in [-0.2, 0) is 9.47 Å². The first-order valence-electron chi connectivity index (χ1n) is 3.36. The highest BCUT2D eigenvalue weighted by molar-refractivity contribution is 5.87. The summed E-state index contributed by atoms with van der Waals surface area (Å²) in [6.45, 7) is 5.01. The molecule has 0 aromatic carbocycles. The van der Waals surface area contributed by atoms with Crippen LogP contribution in [-0.4, -0.2) is 31.8 Å². The molecule has 0 aromatic heterocycles. The summed E-state index contributed by atoms with van der Waals surface area (Å²) >= 11 is 0. The molecular formula is C7H13NO2. The van der Waals surface area contributed by atoms with E-state index in [2.05, 4.69) is 4.99 Å². The summed E-state index contributed by atoms with van der Waals surface area (Å²) in [6.07, 6.45) is 0. The second-order valence-corrected chi connectivity index (χ2v) is 2.77. The maximum absolute atomic E-state index is 5.32. The van der Waals surface area contributed by atoms with Crippen LogP contribution in [0.3, 0.4) is 0 Å². The first-order chi connectivity index (χ1) is 4.64. The predicted octanol–water partition coefficient (Wildman–Crippen LogP) is 0.840. The van der Waals surface area contributed by atoms with Crippen LogP contribution in [0.2, 0.25) is 0 Å². The lowest BCUT2D eigenvalue weighted by atomic mass is 10.3. The van der Waals surface area contributed by atoms with Crippen molar-refractivity contribution in [2.45, 2.75) is 19.6 Å². The molecule has 58 valence electrons. The molecule has 0 saturated carbocycles. The van der Waals surface area contributed by atoms with Gasteiger partial charge in [-0.15, -0.1) is 0 Å². The Kier molecular flexibility index (Phi) is 2.06. The summed E-state index contributed by atoms with van der Waals surface area (Å²) in [5.41, 5.74) is 0.972. The summed E-state index contributed by atoms with van der Waals surface area (Å²) in [5.74, 6) is -0.422. The molecule has 1 fully saturated rings. The Hall–Kier alpha value is -0.410. The average molecular weight is 143 g/mol. The van der Waals surface area contributed by atoms with E-state index in [1.807, 2.05) is 13.8 Å². The van der Waals surface area contributed by atoms with E-state index in [4.69, 9.17) is 9.47 Å². The third-order valence-corrected chi connectivity index (χ3v) is 1.49. The number of hydrogen-bond acceptors (Lipinski definition) is 3. The van der Waals surface area contributed by atoms with Crippen molar-refractivity contribution in [2.24, 2.45) is 4.99 Å². The standard InChI is InChI=1S/C7H13NO2/c1-7(2)9-4-6(8-3)5-10-7/h4-5H2,1-3H3. The van der Waals surface area contributed by atoms with E-state index >= 15 is 0 Å². The fourth-order valence-corrected chi connectivity index (χ4v) is 0.727. The highest BCUT2D eigenvalue weighted by Crippen LogP contribution is 2.15. The van der Waals surface area contributed by atoms with Crippen molar-refractivity contribution in [1.82, 2.24) is 0 Å². The molecule has 1 aliphatic rings.